The number of hydrogen-bond acceptors (Lipinski definition) is 3. The molecule has 0 saturated carbocycles. The molecule has 0 spiro atoms. The fraction of sp³-hybridized carbons (Fsp3) is 0.435. The first-order chi connectivity index (χ1) is 13.0. The first-order valence-corrected chi connectivity index (χ1v) is 9.71. The molecule has 0 aliphatic heterocycles. The van der Waals surface area contributed by atoms with Crippen molar-refractivity contribution in [1.29, 1.82) is 0 Å². The van der Waals surface area contributed by atoms with Gasteiger partial charge in [-0.1, -0.05) is 32.8 Å². The van der Waals surface area contributed by atoms with Crippen LogP contribution in [0.15, 0.2) is 35.1 Å². The fourth-order valence-electron chi connectivity index (χ4n) is 3.11. The van der Waals surface area contributed by atoms with E-state index in [-0.39, 0.29) is 11.5 Å². The van der Waals surface area contributed by atoms with Crippen LogP contribution in [0.5, 0.6) is 11.5 Å². The molecule has 0 fully saturated rings. The monoisotopic (exact) mass is 369 g/mol. The van der Waals surface area contributed by atoms with Crippen LogP contribution in [0.4, 0.5) is 0 Å². The van der Waals surface area contributed by atoms with E-state index in [9.17, 15) is 4.79 Å². The summed E-state index contributed by atoms with van der Waals surface area (Å²) in [5, 5.41) is 0. The lowest BCUT2D eigenvalue weighted by molar-refractivity contribution is 0.176. The van der Waals surface area contributed by atoms with Gasteiger partial charge in [0.05, 0.1) is 13.2 Å². The van der Waals surface area contributed by atoms with E-state index in [1.165, 1.54) is 0 Å². The molecule has 1 heterocycles. The van der Waals surface area contributed by atoms with Crippen LogP contribution in [0.3, 0.4) is 0 Å². The average molecular weight is 370 g/mol. The number of rotatable bonds is 9. The number of ether oxygens (including phenoxy) is 2. The summed E-state index contributed by atoms with van der Waals surface area (Å²) in [7, 11) is 1.66. The molecule has 2 rings (SSSR count). The van der Waals surface area contributed by atoms with Crippen molar-refractivity contribution in [2.75, 3.05) is 7.11 Å². The Hall–Kier alpha value is -2.49. The number of pyridine rings is 1. The summed E-state index contributed by atoms with van der Waals surface area (Å²) >= 11 is 0. The van der Waals surface area contributed by atoms with Crippen molar-refractivity contribution in [3.63, 3.8) is 0 Å². The maximum absolute atomic E-state index is 11.6. The third kappa shape index (κ3) is 5.75. The number of benzene rings is 1. The van der Waals surface area contributed by atoms with Gasteiger partial charge in [0.15, 0.2) is 16.9 Å². The van der Waals surface area contributed by atoms with E-state index < -0.39 is 0 Å². The number of aryl methyl sites for hydroxylation is 2. The highest BCUT2D eigenvalue weighted by Gasteiger charge is 2.12. The molecule has 0 bridgehead atoms. The Morgan fingerprint density at radius 2 is 1.78 bits per heavy atom. The van der Waals surface area contributed by atoms with Gasteiger partial charge in [-0.15, -0.1) is 0 Å². The lowest BCUT2D eigenvalue weighted by Gasteiger charge is -2.19. The Labute approximate surface area is 162 Å². The van der Waals surface area contributed by atoms with Crippen LogP contribution in [0, 0.1) is 13.8 Å². The maximum Gasteiger partial charge on any atom is 0.182 e. The number of nitrogens with zero attached hydrogens (tertiary/aromatic N) is 1. The van der Waals surface area contributed by atoms with Crippen LogP contribution < -0.4 is 14.9 Å². The van der Waals surface area contributed by atoms with Gasteiger partial charge in [0.25, 0.3) is 0 Å². The maximum atomic E-state index is 11.6. The Balaban J connectivity index is 2.27. The van der Waals surface area contributed by atoms with Crippen molar-refractivity contribution >= 4 is 12.3 Å². The zero-order chi connectivity index (χ0) is 19.8. The zero-order valence-electron chi connectivity index (χ0n) is 17.1. The molecular weight excluding hydrogens is 338 g/mol. The van der Waals surface area contributed by atoms with Crippen LogP contribution in [-0.4, -0.2) is 17.8 Å². The molecule has 0 aliphatic rings. The topological polar surface area (TPSA) is 40.5 Å². The summed E-state index contributed by atoms with van der Waals surface area (Å²) < 4.78 is 13.7. The molecule has 27 heavy (non-hydrogen) atoms. The Kier molecular flexibility index (Phi) is 7.71. The van der Waals surface area contributed by atoms with Gasteiger partial charge in [-0.3, -0.25) is 4.79 Å². The molecule has 1 aromatic heterocycles. The molecule has 1 atom stereocenters. The normalized spacial score (nSPS) is 12.3. The van der Waals surface area contributed by atoms with E-state index in [2.05, 4.69) is 13.8 Å². The van der Waals surface area contributed by atoms with E-state index in [0.717, 1.165) is 54.1 Å². The summed E-state index contributed by atoms with van der Waals surface area (Å²) in [5.41, 5.74) is 2.87. The predicted octanol–water partition coefficient (Wildman–Crippen LogP) is 5.45. The highest BCUT2D eigenvalue weighted by atomic mass is 16.5. The van der Waals surface area contributed by atoms with Crippen molar-refractivity contribution in [2.45, 2.75) is 59.5 Å². The van der Waals surface area contributed by atoms with E-state index in [1.54, 1.807) is 19.2 Å². The number of aromatic nitrogens is 1. The highest BCUT2D eigenvalue weighted by molar-refractivity contribution is 5.64. The van der Waals surface area contributed by atoms with Crippen LogP contribution in [0.2, 0.25) is 0 Å². The SMILES string of the molecule is CCCCC(CC)Oc1cc(/C=C/n2c(C)cc(=O)cc2C)ccc1OC. The second-order valence-corrected chi connectivity index (χ2v) is 6.86. The first-order valence-electron chi connectivity index (χ1n) is 9.71. The molecule has 4 nitrogen and oxygen atoms in total. The quantitative estimate of drug-likeness (QED) is 0.590. The summed E-state index contributed by atoms with van der Waals surface area (Å²) in [6.07, 6.45) is 8.53. The van der Waals surface area contributed by atoms with Gasteiger partial charge in [0.2, 0.25) is 0 Å². The largest absolute Gasteiger partial charge is 0.493 e. The van der Waals surface area contributed by atoms with Gasteiger partial charge in [0.1, 0.15) is 0 Å². The number of hydrogen-bond donors (Lipinski definition) is 0. The second kappa shape index (κ2) is 10.0. The molecule has 1 unspecified atom stereocenters. The minimum absolute atomic E-state index is 0.0347. The van der Waals surface area contributed by atoms with Crippen LogP contribution in [0.1, 0.15) is 56.5 Å². The number of methoxy groups -OCH3 is 1. The molecule has 0 radical (unpaired) electrons. The number of unbranched alkanes of at least 4 members (excludes halogenated alkanes) is 1. The molecule has 0 saturated heterocycles. The van der Waals surface area contributed by atoms with Crippen molar-refractivity contribution in [3.05, 3.63) is 57.5 Å². The molecule has 146 valence electrons. The fourth-order valence-corrected chi connectivity index (χ4v) is 3.11. The van der Waals surface area contributed by atoms with E-state index in [1.807, 2.05) is 48.9 Å². The van der Waals surface area contributed by atoms with Crippen molar-refractivity contribution in [1.82, 2.24) is 4.57 Å². The van der Waals surface area contributed by atoms with Crippen LogP contribution >= 0.6 is 0 Å². The summed E-state index contributed by atoms with van der Waals surface area (Å²) in [4.78, 5) is 11.6. The molecule has 4 heteroatoms. The summed E-state index contributed by atoms with van der Waals surface area (Å²) in [6, 6.07) is 9.23. The van der Waals surface area contributed by atoms with Crippen molar-refractivity contribution in [3.8, 4) is 11.5 Å². The van der Waals surface area contributed by atoms with E-state index in [0.29, 0.717) is 0 Å². The summed E-state index contributed by atoms with van der Waals surface area (Å²) in [5.74, 6) is 1.52. The lowest BCUT2D eigenvalue weighted by Crippen LogP contribution is -2.15. The van der Waals surface area contributed by atoms with Crippen LogP contribution in [0.25, 0.3) is 12.3 Å². The molecule has 0 amide bonds. The minimum atomic E-state index is 0.0347. The molecule has 0 N–H and O–H groups in total. The third-order valence-corrected chi connectivity index (χ3v) is 4.69. The Bertz CT molecular complexity index is 810. The first kappa shape index (κ1) is 20.8. The van der Waals surface area contributed by atoms with Gasteiger partial charge in [-0.05, 0) is 50.5 Å². The van der Waals surface area contributed by atoms with E-state index in [4.69, 9.17) is 9.47 Å². The predicted molar refractivity (Wildman–Crippen MR) is 113 cm³/mol. The van der Waals surface area contributed by atoms with Gasteiger partial charge >= 0.3 is 0 Å². The highest BCUT2D eigenvalue weighted by Crippen LogP contribution is 2.31. The smallest absolute Gasteiger partial charge is 0.182 e. The Morgan fingerprint density at radius 3 is 2.37 bits per heavy atom. The Morgan fingerprint density at radius 1 is 1.07 bits per heavy atom. The van der Waals surface area contributed by atoms with Gasteiger partial charge in [0, 0.05) is 29.7 Å². The standard InChI is InChI=1S/C23H31NO3/c1-6-8-9-21(7-2)27-23-16-19(10-11-22(23)26-5)12-13-24-17(3)14-20(25)15-18(24)4/h10-16,21H,6-9H2,1-5H3/b13-12+. The van der Waals surface area contributed by atoms with Crippen molar-refractivity contribution < 1.29 is 9.47 Å². The zero-order valence-corrected chi connectivity index (χ0v) is 17.1. The molecular formula is C23H31NO3. The van der Waals surface area contributed by atoms with Gasteiger partial charge in [-0.25, -0.2) is 0 Å². The second-order valence-electron chi connectivity index (χ2n) is 6.86. The third-order valence-electron chi connectivity index (χ3n) is 4.69. The lowest BCUT2D eigenvalue weighted by atomic mass is 10.1. The summed E-state index contributed by atoms with van der Waals surface area (Å²) in [6.45, 7) is 8.21. The minimum Gasteiger partial charge on any atom is -0.493 e. The molecule has 2 aromatic rings. The van der Waals surface area contributed by atoms with Gasteiger partial charge < -0.3 is 14.0 Å². The van der Waals surface area contributed by atoms with E-state index >= 15 is 0 Å². The van der Waals surface area contributed by atoms with Crippen molar-refractivity contribution in [2.24, 2.45) is 0 Å². The average Bonchev–Trinajstić information content (AvgIpc) is 2.64. The molecule has 1 aromatic carbocycles. The van der Waals surface area contributed by atoms with Crippen LogP contribution in [-0.2, 0) is 0 Å². The van der Waals surface area contributed by atoms with Gasteiger partial charge in [-0.2, -0.15) is 0 Å². The molecule has 0 aliphatic carbocycles.